The molecule has 0 radical (unpaired) electrons. The number of H-pyrrole nitrogens is 1. The molecule has 0 spiro atoms. The van der Waals surface area contributed by atoms with Crippen LogP contribution >= 0.6 is 0 Å². The van der Waals surface area contributed by atoms with Crippen molar-refractivity contribution in [2.45, 2.75) is 31.3 Å². The normalized spacial score (nSPS) is 24.5. The number of rotatable bonds is 3. The molecule has 116 valence electrons. The highest BCUT2D eigenvalue weighted by molar-refractivity contribution is 5.16. The second kappa shape index (κ2) is 5.86. The number of ether oxygens (including phenoxy) is 1. The number of benzene rings is 1. The summed E-state index contributed by atoms with van der Waals surface area (Å²) >= 11 is 0. The summed E-state index contributed by atoms with van der Waals surface area (Å²) < 4.78 is 20.0. The third kappa shape index (κ3) is 2.86. The molecule has 1 aromatic carbocycles. The van der Waals surface area contributed by atoms with Crippen molar-refractivity contribution in [3.63, 3.8) is 0 Å². The van der Waals surface area contributed by atoms with E-state index in [4.69, 9.17) is 4.74 Å². The smallest absolute Gasteiger partial charge is 0.330 e. The highest BCUT2D eigenvalue weighted by Crippen LogP contribution is 2.29. The van der Waals surface area contributed by atoms with Crippen molar-refractivity contribution in [1.29, 1.82) is 0 Å². The van der Waals surface area contributed by atoms with Crippen LogP contribution in [-0.2, 0) is 11.2 Å². The van der Waals surface area contributed by atoms with E-state index in [2.05, 4.69) is 0 Å². The van der Waals surface area contributed by atoms with Crippen molar-refractivity contribution < 1.29 is 14.2 Å². The van der Waals surface area contributed by atoms with Crippen molar-refractivity contribution in [2.24, 2.45) is 0 Å². The Morgan fingerprint density at radius 1 is 1.32 bits per heavy atom. The molecule has 1 aliphatic rings. The van der Waals surface area contributed by atoms with E-state index in [-0.39, 0.29) is 6.42 Å². The lowest BCUT2D eigenvalue weighted by Gasteiger charge is -2.16. The first kappa shape index (κ1) is 14.7. The van der Waals surface area contributed by atoms with Crippen LogP contribution in [0.1, 0.15) is 18.2 Å². The van der Waals surface area contributed by atoms with Gasteiger partial charge in [0.2, 0.25) is 5.82 Å². The van der Waals surface area contributed by atoms with Crippen LogP contribution in [0.5, 0.6) is 0 Å². The van der Waals surface area contributed by atoms with E-state index in [9.17, 15) is 19.1 Å². The first-order chi connectivity index (χ1) is 10.5. The number of aromatic nitrogens is 2. The van der Waals surface area contributed by atoms with Gasteiger partial charge < -0.3 is 9.84 Å². The van der Waals surface area contributed by atoms with Gasteiger partial charge in [-0.2, -0.15) is 4.39 Å². The van der Waals surface area contributed by atoms with Gasteiger partial charge in [0.05, 0.1) is 18.4 Å². The van der Waals surface area contributed by atoms with Crippen LogP contribution < -0.4 is 11.2 Å². The fourth-order valence-corrected chi connectivity index (χ4v) is 2.59. The number of aliphatic hydroxyl groups is 1. The summed E-state index contributed by atoms with van der Waals surface area (Å²) in [5.74, 6) is -1.07. The maximum Gasteiger partial charge on any atom is 0.330 e. The number of hydrogen-bond acceptors (Lipinski definition) is 4. The zero-order chi connectivity index (χ0) is 15.7. The van der Waals surface area contributed by atoms with E-state index in [0.717, 1.165) is 16.3 Å². The number of hydrogen-bond donors (Lipinski definition) is 2. The predicted molar refractivity (Wildman–Crippen MR) is 76.0 cm³/mol. The van der Waals surface area contributed by atoms with Crippen LogP contribution in [0.4, 0.5) is 4.39 Å². The maximum atomic E-state index is 13.3. The summed E-state index contributed by atoms with van der Waals surface area (Å²) in [6.45, 7) is 0. The number of nitrogens with one attached hydrogen (secondary N) is 1. The molecule has 3 atom stereocenters. The lowest BCUT2D eigenvalue weighted by molar-refractivity contribution is -0.0201. The van der Waals surface area contributed by atoms with Gasteiger partial charge >= 0.3 is 5.69 Å². The summed E-state index contributed by atoms with van der Waals surface area (Å²) in [5, 5.41) is 10.1. The monoisotopic (exact) mass is 306 g/mol. The Kier molecular flexibility index (Phi) is 3.91. The lowest BCUT2D eigenvalue weighted by atomic mass is 10.0. The van der Waals surface area contributed by atoms with E-state index < -0.39 is 35.5 Å². The lowest BCUT2D eigenvalue weighted by Crippen LogP contribution is -2.33. The molecule has 0 unspecified atom stereocenters. The minimum absolute atomic E-state index is 0.156. The quantitative estimate of drug-likeness (QED) is 0.868. The fraction of sp³-hybridized carbons (Fsp3) is 0.333. The summed E-state index contributed by atoms with van der Waals surface area (Å²) in [7, 11) is 0. The minimum Gasteiger partial charge on any atom is -0.390 e. The van der Waals surface area contributed by atoms with E-state index in [1.165, 1.54) is 0 Å². The van der Waals surface area contributed by atoms with Gasteiger partial charge in [-0.15, -0.1) is 0 Å². The highest BCUT2D eigenvalue weighted by atomic mass is 19.1. The van der Waals surface area contributed by atoms with Gasteiger partial charge in [-0.25, -0.2) is 4.79 Å². The molecule has 1 aliphatic heterocycles. The van der Waals surface area contributed by atoms with Crippen molar-refractivity contribution in [2.75, 3.05) is 0 Å². The molecule has 0 bridgehead atoms. The molecule has 0 saturated carbocycles. The fourth-order valence-electron chi connectivity index (χ4n) is 2.59. The molecular formula is C15H15FN2O4. The molecule has 7 heteroatoms. The van der Waals surface area contributed by atoms with Gasteiger partial charge in [-0.3, -0.25) is 14.3 Å². The summed E-state index contributed by atoms with van der Waals surface area (Å²) in [6.07, 6.45) is -0.616. The SMILES string of the molecule is O=c1[nH]c(=O)n([C@H]2C[C@H](O)[C@@H](Cc3ccccc3)O2)cc1F. The van der Waals surface area contributed by atoms with E-state index in [0.29, 0.717) is 6.42 Å². The third-order valence-corrected chi connectivity index (χ3v) is 3.72. The average Bonchev–Trinajstić information content (AvgIpc) is 2.85. The zero-order valence-electron chi connectivity index (χ0n) is 11.6. The number of aliphatic hydroxyl groups excluding tert-OH is 1. The first-order valence-corrected chi connectivity index (χ1v) is 6.93. The Bertz CT molecular complexity index is 771. The summed E-state index contributed by atoms with van der Waals surface area (Å²) in [5.41, 5.74) is -0.836. The molecule has 2 N–H and O–H groups in total. The van der Waals surface area contributed by atoms with Gasteiger partial charge in [-0.05, 0) is 5.56 Å². The van der Waals surface area contributed by atoms with Gasteiger partial charge in [0.25, 0.3) is 5.56 Å². The molecule has 6 nitrogen and oxygen atoms in total. The molecule has 22 heavy (non-hydrogen) atoms. The van der Waals surface area contributed by atoms with Crippen molar-refractivity contribution in [1.82, 2.24) is 9.55 Å². The molecule has 1 fully saturated rings. The van der Waals surface area contributed by atoms with E-state index in [1.54, 1.807) is 0 Å². The van der Waals surface area contributed by atoms with Crippen molar-refractivity contribution in [3.05, 3.63) is 68.7 Å². The van der Waals surface area contributed by atoms with E-state index >= 15 is 0 Å². The molecule has 2 heterocycles. The molecule has 3 rings (SSSR count). The Labute approximate surface area is 124 Å². The molecule has 1 saturated heterocycles. The van der Waals surface area contributed by atoms with Gasteiger partial charge in [0, 0.05) is 12.8 Å². The first-order valence-electron chi connectivity index (χ1n) is 6.93. The Morgan fingerprint density at radius 3 is 2.77 bits per heavy atom. The highest BCUT2D eigenvalue weighted by Gasteiger charge is 2.35. The van der Waals surface area contributed by atoms with Gasteiger partial charge in [0.15, 0.2) is 0 Å². The van der Waals surface area contributed by atoms with Crippen LogP contribution in [0.2, 0.25) is 0 Å². The Hall–Kier alpha value is -2.25. The van der Waals surface area contributed by atoms with Crippen LogP contribution in [0.3, 0.4) is 0 Å². The minimum atomic E-state index is -1.07. The Balaban J connectivity index is 1.80. The van der Waals surface area contributed by atoms with E-state index in [1.807, 2.05) is 35.3 Å². The predicted octanol–water partition coefficient (Wildman–Crippen LogP) is 0.567. The summed E-state index contributed by atoms with van der Waals surface area (Å²) in [6, 6.07) is 9.48. The molecule has 0 amide bonds. The molecule has 2 aromatic rings. The van der Waals surface area contributed by atoms with Crippen molar-refractivity contribution >= 4 is 0 Å². The topological polar surface area (TPSA) is 84.3 Å². The van der Waals surface area contributed by atoms with Crippen LogP contribution in [-0.4, -0.2) is 26.9 Å². The van der Waals surface area contributed by atoms with Crippen LogP contribution in [0.25, 0.3) is 0 Å². The second-order valence-electron chi connectivity index (χ2n) is 5.27. The van der Waals surface area contributed by atoms with Crippen LogP contribution in [0.15, 0.2) is 46.1 Å². The standard InChI is InChI=1S/C15H15FN2O4/c16-10-8-18(15(21)17-14(10)20)13-7-11(19)12(22-13)6-9-4-2-1-3-5-9/h1-5,8,11-13,19H,6-7H2,(H,17,20,21)/t11-,12+,13+/m0/s1. The largest absolute Gasteiger partial charge is 0.390 e. The van der Waals surface area contributed by atoms with Gasteiger partial charge in [0.1, 0.15) is 6.23 Å². The molecular weight excluding hydrogens is 291 g/mol. The van der Waals surface area contributed by atoms with Gasteiger partial charge in [-0.1, -0.05) is 30.3 Å². The molecule has 0 aliphatic carbocycles. The van der Waals surface area contributed by atoms with Crippen molar-refractivity contribution in [3.8, 4) is 0 Å². The van der Waals surface area contributed by atoms with Crippen LogP contribution in [0, 0.1) is 5.82 Å². The number of aromatic amines is 1. The third-order valence-electron chi connectivity index (χ3n) is 3.72. The zero-order valence-corrected chi connectivity index (χ0v) is 11.6. The maximum absolute atomic E-state index is 13.3. The molecule has 1 aromatic heterocycles. The summed E-state index contributed by atoms with van der Waals surface area (Å²) in [4.78, 5) is 24.7. The average molecular weight is 306 g/mol. The number of nitrogens with zero attached hydrogens (tertiary/aromatic N) is 1. The Morgan fingerprint density at radius 2 is 2.05 bits per heavy atom. The second-order valence-corrected chi connectivity index (χ2v) is 5.27. The number of halogens is 1.